The third kappa shape index (κ3) is 2.62. The van der Waals surface area contributed by atoms with Crippen molar-refractivity contribution in [1.29, 1.82) is 0 Å². The molecule has 1 aliphatic heterocycles. The molecule has 1 unspecified atom stereocenters. The minimum Gasteiger partial charge on any atom is -0.469 e. The van der Waals surface area contributed by atoms with Gasteiger partial charge >= 0.3 is 13.1 Å². The number of amides is 1. The molecule has 0 bridgehead atoms. The molecule has 6 nitrogen and oxygen atoms in total. The zero-order chi connectivity index (χ0) is 14.0. The van der Waals surface area contributed by atoms with Crippen molar-refractivity contribution in [3.05, 3.63) is 24.3 Å². The number of hydrogen-bond acceptors (Lipinski definition) is 5. The van der Waals surface area contributed by atoms with Crippen LogP contribution in [0, 0.1) is 5.92 Å². The van der Waals surface area contributed by atoms with Crippen LogP contribution in [0.5, 0.6) is 0 Å². The first-order valence-corrected chi connectivity index (χ1v) is 5.88. The third-order valence-electron chi connectivity index (χ3n) is 3.17. The van der Waals surface area contributed by atoms with Gasteiger partial charge < -0.3 is 19.7 Å². The van der Waals surface area contributed by atoms with E-state index in [1.165, 1.54) is 18.1 Å². The minimum absolute atomic E-state index is 0.0720. The molecule has 1 amide bonds. The number of carbonyl (C=O) groups excluding carboxylic acids is 2. The lowest BCUT2D eigenvalue weighted by Crippen LogP contribution is -2.38. The Labute approximate surface area is 110 Å². The molecule has 1 aliphatic rings. The Bertz CT molecular complexity index is 505. The number of benzene rings is 1. The predicted molar refractivity (Wildman–Crippen MR) is 68.7 cm³/mol. The maximum absolute atomic E-state index is 11.9. The third-order valence-corrected chi connectivity index (χ3v) is 3.17. The molecule has 1 atom stereocenters. The van der Waals surface area contributed by atoms with Gasteiger partial charge in [-0.15, -0.1) is 0 Å². The highest BCUT2D eigenvalue weighted by Gasteiger charge is 2.37. The van der Waals surface area contributed by atoms with Crippen LogP contribution in [0.15, 0.2) is 24.3 Å². The molecular formula is C12H14BNO5. The van der Waals surface area contributed by atoms with E-state index in [2.05, 4.69) is 4.74 Å². The zero-order valence-corrected chi connectivity index (χ0v) is 10.4. The Balaban J connectivity index is 2.28. The number of carbonyl (C=O) groups is 2. The molecule has 7 heteroatoms. The fraction of sp³-hybridized carbons (Fsp3) is 0.333. The van der Waals surface area contributed by atoms with Gasteiger partial charge in [-0.1, -0.05) is 18.2 Å². The van der Waals surface area contributed by atoms with Crippen molar-refractivity contribution in [3.63, 3.8) is 0 Å². The van der Waals surface area contributed by atoms with Crippen LogP contribution in [0.3, 0.4) is 0 Å². The van der Waals surface area contributed by atoms with Crippen LogP contribution >= 0.6 is 0 Å². The lowest BCUT2D eigenvalue weighted by molar-refractivity contribution is -0.145. The summed E-state index contributed by atoms with van der Waals surface area (Å²) >= 11 is 0. The average Bonchev–Trinajstić information content (AvgIpc) is 2.79. The maximum atomic E-state index is 11.9. The molecule has 1 aromatic rings. The van der Waals surface area contributed by atoms with E-state index in [1.807, 2.05) is 0 Å². The standard InChI is InChI=1S/C12H14BNO5/c1-19-12(16)8-6-11(15)14(7-8)10-5-3-2-4-9(10)13(17)18/h2-5,8,17-18H,6-7H2,1H3. The number of para-hydroxylation sites is 1. The molecule has 1 aromatic carbocycles. The number of rotatable bonds is 3. The molecule has 0 aromatic heterocycles. The van der Waals surface area contributed by atoms with Gasteiger partial charge in [-0.25, -0.2) is 0 Å². The number of hydrogen-bond donors (Lipinski definition) is 2. The number of methoxy groups -OCH3 is 1. The quantitative estimate of drug-likeness (QED) is 0.533. The lowest BCUT2D eigenvalue weighted by Gasteiger charge is -2.19. The van der Waals surface area contributed by atoms with Crippen LogP contribution in [-0.4, -0.2) is 42.7 Å². The summed E-state index contributed by atoms with van der Waals surface area (Å²) in [6, 6.07) is 6.49. The van der Waals surface area contributed by atoms with E-state index >= 15 is 0 Å². The average molecular weight is 263 g/mol. The van der Waals surface area contributed by atoms with Crippen molar-refractivity contribution >= 4 is 30.1 Å². The topological polar surface area (TPSA) is 87.1 Å². The first-order chi connectivity index (χ1) is 9.04. The molecule has 100 valence electrons. The summed E-state index contributed by atoms with van der Waals surface area (Å²) in [5.41, 5.74) is 0.648. The Hall–Kier alpha value is -1.86. The fourth-order valence-corrected chi connectivity index (χ4v) is 2.22. The Morgan fingerprint density at radius 2 is 2.11 bits per heavy atom. The predicted octanol–water partition coefficient (Wildman–Crippen LogP) is -1.11. The van der Waals surface area contributed by atoms with Gasteiger partial charge in [0.1, 0.15) is 0 Å². The highest BCUT2D eigenvalue weighted by molar-refractivity contribution is 6.60. The number of esters is 1. The van der Waals surface area contributed by atoms with Gasteiger partial charge in [0, 0.05) is 24.1 Å². The summed E-state index contributed by atoms with van der Waals surface area (Å²) in [6.45, 7) is 0.190. The number of ether oxygens (including phenoxy) is 1. The van der Waals surface area contributed by atoms with Gasteiger partial charge in [0.15, 0.2) is 0 Å². The minimum atomic E-state index is -1.67. The van der Waals surface area contributed by atoms with Gasteiger partial charge in [-0.2, -0.15) is 0 Å². The Kier molecular flexibility index (Phi) is 3.87. The highest BCUT2D eigenvalue weighted by atomic mass is 16.5. The van der Waals surface area contributed by atoms with Crippen molar-refractivity contribution in [3.8, 4) is 0 Å². The molecule has 0 spiro atoms. The van der Waals surface area contributed by atoms with Crippen molar-refractivity contribution in [1.82, 2.24) is 0 Å². The van der Waals surface area contributed by atoms with Gasteiger partial charge in [0.25, 0.3) is 0 Å². The molecule has 19 heavy (non-hydrogen) atoms. The molecule has 0 saturated carbocycles. The Morgan fingerprint density at radius 1 is 1.42 bits per heavy atom. The van der Waals surface area contributed by atoms with Crippen LogP contribution in [0.25, 0.3) is 0 Å². The van der Waals surface area contributed by atoms with Crippen LogP contribution in [0.4, 0.5) is 5.69 Å². The normalized spacial score (nSPS) is 18.6. The summed E-state index contributed by atoms with van der Waals surface area (Å²) in [6.07, 6.45) is 0.0720. The second-order valence-electron chi connectivity index (χ2n) is 4.36. The molecular weight excluding hydrogens is 249 g/mol. The molecule has 1 heterocycles. The van der Waals surface area contributed by atoms with Crippen LogP contribution < -0.4 is 10.4 Å². The zero-order valence-electron chi connectivity index (χ0n) is 10.4. The van der Waals surface area contributed by atoms with E-state index in [0.717, 1.165) is 0 Å². The van der Waals surface area contributed by atoms with Gasteiger partial charge in [0.05, 0.1) is 13.0 Å². The molecule has 2 N–H and O–H groups in total. The van der Waals surface area contributed by atoms with Crippen LogP contribution in [0.1, 0.15) is 6.42 Å². The van der Waals surface area contributed by atoms with Crippen molar-refractivity contribution in [2.45, 2.75) is 6.42 Å². The monoisotopic (exact) mass is 263 g/mol. The molecule has 1 fully saturated rings. The van der Waals surface area contributed by atoms with E-state index in [0.29, 0.717) is 5.69 Å². The van der Waals surface area contributed by atoms with Gasteiger partial charge in [0.2, 0.25) is 5.91 Å². The fourth-order valence-electron chi connectivity index (χ4n) is 2.22. The largest absolute Gasteiger partial charge is 0.490 e. The lowest BCUT2D eigenvalue weighted by atomic mass is 9.78. The summed E-state index contributed by atoms with van der Waals surface area (Å²) < 4.78 is 4.63. The second kappa shape index (κ2) is 5.42. The molecule has 2 rings (SSSR count). The smallest absolute Gasteiger partial charge is 0.469 e. The summed E-state index contributed by atoms with van der Waals surface area (Å²) in [4.78, 5) is 24.8. The van der Waals surface area contributed by atoms with E-state index in [9.17, 15) is 19.6 Å². The molecule has 1 saturated heterocycles. The van der Waals surface area contributed by atoms with E-state index < -0.39 is 19.0 Å². The first kappa shape index (κ1) is 13.6. The number of nitrogens with zero attached hydrogens (tertiary/aromatic N) is 1. The highest BCUT2D eigenvalue weighted by Crippen LogP contribution is 2.24. The summed E-state index contributed by atoms with van der Waals surface area (Å²) in [5.74, 6) is -1.18. The van der Waals surface area contributed by atoms with Crippen molar-refractivity contribution in [2.75, 3.05) is 18.6 Å². The first-order valence-electron chi connectivity index (χ1n) is 5.88. The van der Waals surface area contributed by atoms with Crippen LogP contribution in [0.2, 0.25) is 0 Å². The van der Waals surface area contributed by atoms with Crippen LogP contribution in [-0.2, 0) is 14.3 Å². The van der Waals surface area contributed by atoms with E-state index in [-0.39, 0.29) is 24.3 Å². The SMILES string of the molecule is COC(=O)C1CC(=O)N(c2ccccc2B(O)O)C1. The van der Waals surface area contributed by atoms with Gasteiger partial charge in [-0.05, 0) is 6.07 Å². The number of anilines is 1. The molecule has 0 radical (unpaired) electrons. The Morgan fingerprint density at radius 3 is 2.74 bits per heavy atom. The van der Waals surface area contributed by atoms with E-state index in [4.69, 9.17) is 0 Å². The molecule has 0 aliphatic carbocycles. The van der Waals surface area contributed by atoms with E-state index in [1.54, 1.807) is 18.2 Å². The second-order valence-corrected chi connectivity index (χ2v) is 4.36. The van der Waals surface area contributed by atoms with Gasteiger partial charge in [-0.3, -0.25) is 9.59 Å². The van der Waals surface area contributed by atoms with Crippen molar-refractivity contribution < 1.29 is 24.4 Å². The summed E-state index contributed by atoms with van der Waals surface area (Å²) in [5, 5.41) is 18.6. The van der Waals surface area contributed by atoms with Crippen molar-refractivity contribution in [2.24, 2.45) is 5.92 Å². The summed E-state index contributed by atoms with van der Waals surface area (Å²) in [7, 11) is -0.387. The maximum Gasteiger partial charge on any atom is 0.490 e.